The van der Waals surface area contributed by atoms with Crippen molar-refractivity contribution >= 4 is 22.6 Å². The van der Waals surface area contributed by atoms with E-state index in [0.29, 0.717) is 6.54 Å². The van der Waals surface area contributed by atoms with Crippen LogP contribution in [0.15, 0.2) is 29.2 Å². The summed E-state index contributed by atoms with van der Waals surface area (Å²) in [5, 5.41) is 7.90. The van der Waals surface area contributed by atoms with Crippen molar-refractivity contribution in [3.05, 3.63) is 34.0 Å². The third-order valence-electron chi connectivity index (χ3n) is 1.42. The maximum Gasteiger partial charge on any atom is 0.124 e. The molecule has 0 unspecified atom stereocenters. The molecule has 0 spiro atoms. The molecule has 5 heteroatoms. The minimum atomic E-state index is 0.666. The SMILES string of the molecule is Ic1cnn(Cc2ccon2)c1. The summed E-state index contributed by atoms with van der Waals surface area (Å²) in [6, 6.07) is 1.83. The van der Waals surface area contributed by atoms with Gasteiger partial charge in [0, 0.05) is 12.3 Å². The predicted octanol–water partition coefficient (Wildman–Crippen LogP) is 1.52. The van der Waals surface area contributed by atoms with Crippen LogP contribution in [-0.4, -0.2) is 14.9 Å². The van der Waals surface area contributed by atoms with Crippen LogP contribution in [0.5, 0.6) is 0 Å². The summed E-state index contributed by atoms with van der Waals surface area (Å²) < 4.78 is 7.64. The van der Waals surface area contributed by atoms with Gasteiger partial charge in [-0.15, -0.1) is 0 Å². The van der Waals surface area contributed by atoms with Gasteiger partial charge >= 0.3 is 0 Å². The lowest BCUT2D eigenvalue weighted by atomic mass is 10.4. The van der Waals surface area contributed by atoms with Crippen LogP contribution >= 0.6 is 22.6 Å². The molecule has 0 aliphatic rings. The van der Waals surface area contributed by atoms with Crippen molar-refractivity contribution in [3.63, 3.8) is 0 Å². The highest BCUT2D eigenvalue weighted by Gasteiger charge is 1.98. The Morgan fingerprint density at radius 3 is 3.08 bits per heavy atom. The van der Waals surface area contributed by atoms with Gasteiger partial charge in [0.25, 0.3) is 0 Å². The first-order valence-electron chi connectivity index (χ1n) is 3.42. The molecule has 0 aromatic carbocycles. The number of nitrogens with zero attached hydrogens (tertiary/aromatic N) is 3. The summed E-state index contributed by atoms with van der Waals surface area (Å²) in [6.45, 7) is 0.666. The van der Waals surface area contributed by atoms with Crippen molar-refractivity contribution < 1.29 is 4.52 Å². The number of aromatic nitrogens is 3. The molecule has 0 bridgehead atoms. The number of hydrogen-bond donors (Lipinski definition) is 0. The number of hydrogen-bond acceptors (Lipinski definition) is 3. The predicted molar refractivity (Wildman–Crippen MR) is 50.5 cm³/mol. The molecule has 4 nitrogen and oxygen atoms in total. The maximum atomic E-state index is 4.70. The Labute approximate surface area is 82.7 Å². The molecular weight excluding hydrogens is 269 g/mol. The molecule has 0 aliphatic carbocycles. The van der Waals surface area contributed by atoms with Gasteiger partial charge in [0.15, 0.2) is 0 Å². The van der Waals surface area contributed by atoms with Crippen LogP contribution in [0.1, 0.15) is 5.69 Å². The average molecular weight is 275 g/mol. The lowest BCUT2D eigenvalue weighted by Gasteiger charge is -1.93. The van der Waals surface area contributed by atoms with Crippen molar-refractivity contribution in [2.75, 3.05) is 0 Å². The van der Waals surface area contributed by atoms with Crippen molar-refractivity contribution in [2.45, 2.75) is 6.54 Å². The van der Waals surface area contributed by atoms with Gasteiger partial charge in [-0.3, -0.25) is 4.68 Å². The molecule has 2 heterocycles. The van der Waals surface area contributed by atoms with Gasteiger partial charge in [0.2, 0.25) is 0 Å². The van der Waals surface area contributed by atoms with Gasteiger partial charge in [-0.05, 0) is 22.6 Å². The third kappa shape index (κ3) is 1.66. The molecule has 2 aromatic heterocycles. The Morgan fingerprint density at radius 2 is 2.50 bits per heavy atom. The zero-order valence-corrected chi connectivity index (χ0v) is 8.30. The van der Waals surface area contributed by atoms with Crippen LogP contribution in [0.25, 0.3) is 0 Å². The monoisotopic (exact) mass is 275 g/mol. The van der Waals surface area contributed by atoms with Crippen LogP contribution < -0.4 is 0 Å². The minimum absolute atomic E-state index is 0.666. The fourth-order valence-electron chi connectivity index (χ4n) is 0.910. The zero-order chi connectivity index (χ0) is 8.39. The molecule has 62 valence electrons. The summed E-state index contributed by atoms with van der Waals surface area (Å²) in [5.74, 6) is 0. The van der Waals surface area contributed by atoms with E-state index in [1.54, 1.807) is 12.5 Å². The van der Waals surface area contributed by atoms with Crippen LogP contribution in [-0.2, 0) is 6.54 Å². The number of rotatable bonds is 2. The molecule has 0 atom stereocenters. The topological polar surface area (TPSA) is 43.9 Å². The van der Waals surface area contributed by atoms with E-state index >= 15 is 0 Å². The van der Waals surface area contributed by atoms with Crippen LogP contribution in [0.3, 0.4) is 0 Å². The van der Waals surface area contributed by atoms with E-state index < -0.39 is 0 Å². The van der Waals surface area contributed by atoms with Crippen molar-refractivity contribution in [1.82, 2.24) is 14.9 Å². The molecule has 0 saturated carbocycles. The molecular formula is C7H6IN3O. The van der Waals surface area contributed by atoms with E-state index in [0.717, 1.165) is 9.26 Å². The van der Waals surface area contributed by atoms with E-state index in [9.17, 15) is 0 Å². The average Bonchev–Trinajstić information content (AvgIpc) is 2.63. The molecule has 0 saturated heterocycles. The van der Waals surface area contributed by atoms with E-state index in [-0.39, 0.29) is 0 Å². The normalized spacial score (nSPS) is 10.4. The van der Waals surface area contributed by atoms with Crippen molar-refractivity contribution in [2.24, 2.45) is 0 Å². The molecule has 2 aromatic rings. The fourth-order valence-corrected chi connectivity index (χ4v) is 1.36. The van der Waals surface area contributed by atoms with Crippen LogP contribution in [0, 0.1) is 3.57 Å². The van der Waals surface area contributed by atoms with Gasteiger partial charge in [-0.2, -0.15) is 5.10 Å². The first-order chi connectivity index (χ1) is 5.84. The lowest BCUT2D eigenvalue weighted by Crippen LogP contribution is -1.99. The maximum absolute atomic E-state index is 4.70. The standard InChI is InChI=1S/C7H6IN3O/c8-6-3-9-11(4-6)5-7-1-2-12-10-7/h1-4H,5H2. The Hall–Kier alpha value is -0.850. The first kappa shape index (κ1) is 7.78. The van der Waals surface area contributed by atoms with Gasteiger partial charge in [-0.1, -0.05) is 5.16 Å². The Balaban J connectivity index is 2.14. The largest absolute Gasteiger partial charge is 0.364 e. The molecule has 2 rings (SSSR count). The zero-order valence-electron chi connectivity index (χ0n) is 6.14. The summed E-state index contributed by atoms with van der Waals surface area (Å²) >= 11 is 2.21. The van der Waals surface area contributed by atoms with Crippen LogP contribution in [0.4, 0.5) is 0 Å². The second-order valence-corrected chi connectivity index (χ2v) is 3.59. The highest BCUT2D eigenvalue weighted by molar-refractivity contribution is 14.1. The first-order valence-corrected chi connectivity index (χ1v) is 4.50. The number of halogens is 1. The second-order valence-electron chi connectivity index (χ2n) is 2.35. The highest BCUT2D eigenvalue weighted by atomic mass is 127. The third-order valence-corrected chi connectivity index (χ3v) is 1.97. The Bertz CT molecular complexity index is 354. The van der Waals surface area contributed by atoms with E-state index in [1.807, 2.05) is 16.9 Å². The van der Waals surface area contributed by atoms with E-state index in [1.165, 1.54) is 0 Å². The summed E-state index contributed by atoms with van der Waals surface area (Å²) in [7, 11) is 0. The smallest absolute Gasteiger partial charge is 0.124 e. The minimum Gasteiger partial charge on any atom is -0.364 e. The quantitative estimate of drug-likeness (QED) is 0.780. The molecule has 0 radical (unpaired) electrons. The van der Waals surface area contributed by atoms with Crippen molar-refractivity contribution in [3.8, 4) is 0 Å². The summed E-state index contributed by atoms with van der Waals surface area (Å²) in [6.07, 6.45) is 5.32. The van der Waals surface area contributed by atoms with Crippen LogP contribution in [0.2, 0.25) is 0 Å². The highest BCUT2D eigenvalue weighted by Crippen LogP contribution is 2.03. The molecule has 0 fully saturated rings. The van der Waals surface area contributed by atoms with Gasteiger partial charge in [0.1, 0.15) is 12.0 Å². The Kier molecular flexibility index (Phi) is 2.11. The van der Waals surface area contributed by atoms with Gasteiger partial charge < -0.3 is 4.52 Å². The lowest BCUT2D eigenvalue weighted by molar-refractivity contribution is 0.408. The second kappa shape index (κ2) is 3.26. The molecule has 0 amide bonds. The molecule has 0 N–H and O–H groups in total. The molecule has 0 aliphatic heterocycles. The fraction of sp³-hybridized carbons (Fsp3) is 0.143. The summed E-state index contributed by atoms with van der Waals surface area (Å²) in [4.78, 5) is 0. The van der Waals surface area contributed by atoms with Crippen molar-refractivity contribution in [1.29, 1.82) is 0 Å². The molecule has 12 heavy (non-hydrogen) atoms. The Morgan fingerprint density at radius 1 is 1.58 bits per heavy atom. The summed E-state index contributed by atoms with van der Waals surface area (Å²) in [5.41, 5.74) is 0.884. The van der Waals surface area contributed by atoms with Gasteiger partial charge in [0.05, 0.1) is 16.3 Å². The van der Waals surface area contributed by atoms with Gasteiger partial charge in [-0.25, -0.2) is 0 Å². The van der Waals surface area contributed by atoms with E-state index in [2.05, 4.69) is 32.8 Å². The van der Waals surface area contributed by atoms with E-state index in [4.69, 9.17) is 4.52 Å².